The zero-order chi connectivity index (χ0) is 20.7. The second kappa shape index (κ2) is 7.77. The molecular weight excluding hydrogens is 372 g/mol. The molecule has 0 saturated heterocycles. The van der Waals surface area contributed by atoms with E-state index in [0.29, 0.717) is 0 Å². The first-order valence-electron chi connectivity index (χ1n) is 10.8. The molecule has 1 aromatic heterocycles. The number of aryl methyl sites for hydroxylation is 1. The van der Waals surface area contributed by atoms with Crippen molar-refractivity contribution < 1.29 is 9.53 Å². The van der Waals surface area contributed by atoms with Gasteiger partial charge in [-0.15, -0.1) is 0 Å². The van der Waals surface area contributed by atoms with Crippen LogP contribution in [0.2, 0.25) is 0 Å². The molecular formula is C26H28N2O2. The van der Waals surface area contributed by atoms with Gasteiger partial charge in [-0.25, -0.2) is 0 Å². The maximum absolute atomic E-state index is 12.0. The fraction of sp³-hybridized carbons (Fsp3) is 0.346. The first kappa shape index (κ1) is 19.1. The van der Waals surface area contributed by atoms with Crippen molar-refractivity contribution in [3.05, 3.63) is 70.9 Å². The summed E-state index contributed by atoms with van der Waals surface area (Å²) in [6.07, 6.45) is 5.32. The second-order valence-corrected chi connectivity index (χ2v) is 8.47. The Hall–Kier alpha value is -2.85. The van der Waals surface area contributed by atoms with Crippen LogP contribution in [0, 0.1) is 0 Å². The number of benzene rings is 2. The van der Waals surface area contributed by atoms with E-state index in [9.17, 15) is 4.79 Å². The molecule has 0 fully saturated rings. The van der Waals surface area contributed by atoms with Crippen LogP contribution in [0.3, 0.4) is 0 Å². The number of hydrogen-bond acceptors (Lipinski definition) is 3. The lowest BCUT2D eigenvalue weighted by atomic mass is 9.99. The number of hydrogen-bond donors (Lipinski definition) is 0. The molecule has 4 heteroatoms. The van der Waals surface area contributed by atoms with Crippen LogP contribution in [-0.2, 0) is 13.0 Å². The van der Waals surface area contributed by atoms with E-state index in [-0.39, 0.29) is 5.78 Å². The van der Waals surface area contributed by atoms with E-state index in [1.54, 1.807) is 25.2 Å². The van der Waals surface area contributed by atoms with Crippen molar-refractivity contribution in [2.45, 2.75) is 32.7 Å². The molecule has 0 bridgehead atoms. The predicted octanol–water partition coefficient (Wildman–Crippen LogP) is 4.96. The maximum atomic E-state index is 12.0. The van der Waals surface area contributed by atoms with Gasteiger partial charge >= 0.3 is 0 Å². The number of ether oxygens (including phenoxy) is 1. The quantitative estimate of drug-likeness (QED) is 0.549. The van der Waals surface area contributed by atoms with Crippen LogP contribution in [0.4, 0.5) is 0 Å². The Bertz CT molecular complexity index is 1160. The average molecular weight is 401 g/mol. The molecule has 0 atom stereocenters. The highest BCUT2D eigenvalue weighted by molar-refractivity contribution is 6.06. The number of aromatic nitrogens is 1. The van der Waals surface area contributed by atoms with Gasteiger partial charge in [-0.05, 0) is 66.7 Å². The lowest BCUT2D eigenvalue weighted by Gasteiger charge is -2.28. The molecule has 5 rings (SSSR count). The largest absolute Gasteiger partial charge is 0.497 e. The summed E-state index contributed by atoms with van der Waals surface area (Å²) in [6.45, 7) is 5.85. The average Bonchev–Trinajstić information content (AvgIpc) is 3.31. The smallest absolute Gasteiger partial charge is 0.161 e. The summed E-state index contributed by atoms with van der Waals surface area (Å²) in [5.41, 5.74) is 7.96. The SMILES string of the molecule is COc1ccc2c(c1)C1=C(C2)CN(CCCn2cc(C(C)=O)c3ccccc32)CC1. The second-order valence-electron chi connectivity index (χ2n) is 8.47. The molecule has 1 aliphatic carbocycles. The third kappa shape index (κ3) is 3.35. The molecule has 4 nitrogen and oxygen atoms in total. The van der Waals surface area contributed by atoms with Gasteiger partial charge in [-0.1, -0.05) is 24.3 Å². The molecule has 2 aromatic carbocycles. The van der Waals surface area contributed by atoms with Crippen molar-refractivity contribution in [2.75, 3.05) is 26.7 Å². The van der Waals surface area contributed by atoms with Crippen molar-refractivity contribution in [1.82, 2.24) is 9.47 Å². The van der Waals surface area contributed by atoms with Crippen LogP contribution in [0.1, 0.15) is 41.3 Å². The fourth-order valence-electron chi connectivity index (χ4n) is 5.09. The van der Waals surface area contributed by atoms with Crippen LogP contribution in [0.25, 0.3) is 16.5 Å². The molecule has 3 aromatic rings. The number of carbonyl (C=O) groups excluding carboxylic acids is 1. The van der Waals surface area contributed by atoms with E-state index in [2.05, 4.69) is 33.7 Å². The Morgan fingerprint density at radius 3 is 2.83 bits per heavy atom. The highest BCUT2D eigenvalue weighted by Crippen LogP contribution is 2.39. The molecule has 2 heterocycles. The van der Waals surface area contributed by atoms with Crippen LogP contribution < -0.4 is 4.74 Å². The Labute approximate surface area is 177 Å². The number of rotatable bonds is 6. The number of nitrogens with zero attached hydrogens (tertiary/aromatic N) is 2. The summed E-state index contributed by atoms with van der Waals surface area (Å²) in [7, 11) is 1.74. The highest BCUT2D eigenvalue weighted by Gasteiger charge is 2.27. The van der Waals surface area contributed by atoms with Gasteiger partial charge in [-0.2, -0.15) is 0 Å². The van der Waals surface area contributed by atoms with Gasteiger partial charge in [0.15, 0.2) is 5.78 Å². The zero-order valence-corrected chi connectivity index (χ0v) is 17.8. The third-order valence-corrected chi connectivity index (χ3v) is 6.61. The minimum absolute atomic E-state index is 0.137. The molecule has 0 radical (unpaired) electrons. The lowest BCUT2D eigenvalue weighted by molar-refractivity contribution is 0.101. The van der Waals surface area contributed by atoms with Gasteiger partial charge in [0, 0.05) is 48.8 Å². The number of ketones is 1. The first-order chi connectivity index (χ1) is 14.6. The van der Waals surface area contributed by atoms with E-state index >= 15 is 0 Å². The van der Waals surface area contributed by atoms with Crippen LogP contribution in [0.15, 0.2) is 54.2 Å². The Morgan fingerprint density at radius 2 is 2.00 bits per heavy atom. The van der Waals surface area contributed by atoms with Gasteiger partial charge in [0.2, 0.25) is 0 Å². The Morgan fingerprint density at radius 1 is 1.13 bits per heavy atom. The van der Waals surface area contributed by atoms with E-state index in [0.717, 1.165) is 67.7 Å². The van der Waals surface area contributed by atoms with E-state index in [1.165, 1.54) is 11.1 Å². The van der Waals surface area contributed by atoms with Gasteiger partial charge < -0.3 is 9.30 Å². The van der Waals surface area contributed by atoms with Crippen LogP contribution >= 0.6 is 0 Å². The minimum atomic E-state index is 0.137. The number of para-hydroxylation sites is 1. The van der Waals surface area contributed by atoms with Gasteiger partial charge in [0.25, 0.3) is 0 Å². The van der Waals surface area contributed by atoms with Gasteiger partial charge in [-0.3, -0.25) is 9.69 Å². The van der Waals surface area contributed by atoms with Crippen molar-refractivity contribution in [3.8, 4) is 5.75 Å². The maximum Gasteiger partial charge on any atom is 0.161 e. The summed E-state index contributed by atoms with van der Waals surface area (Å²) in [4.78, 5) is 14.6. The molecule has 0 unspecified atom stereocenters. The standard InChI is InChI=1S/C26H28N2O2/c1-18(29)25-17-28(26-7-4-3-6-23(25)26)12-5-11-27-13-10-22-20(16-27)14-19-8-9-21(30-2)15-24(19)22/h3-4,6-9,15,17H,5,10-14,16H2,1-2H3. The lowest BCUT2D eigenvalue weighted by Crippen LogP contribution is -2.32. The summed E-state index contributed by atoms with van der Waals surface area (Å²) in [5.74, 6) is 1.09. The fourth-order valence-corrected chi connectivity index (χ4v) is 5.09. The molecule has 0 spiro atoms. The van der Waals surface area contributed by atoms with E-state index in [4.69, 9.17) is 4.74 Å². The molecule has 0 saturated carbocycles. The predicted molar refractivity (Wildman–Crippen MR) is 121 cm³/mol. The molecule has 0 amide bonds. The molecule has 1 aliphatic heterocycles. The Balaban J connectivity index is 1.24. The summed E-state index contributed by atoms with van der Waals surface area (Å²) >= 11 is 0. The summed E-state index contributed by atoms with van der Waals surface area (Å²) in [6, 6.07) is 14.7. The minimum Gasteiger partial charge on any atom is -0.497 e. The first-order valence-corrected chi connectivity index (χ1v) is 10.8. The van der Waals surface area contributed by atoms with Crippen LogP contribution in [-0.4, -0.2) is 42.0 Å². The Kier molecular flexibility index (Phi) is 4.95. The normalized spacial score (nSPS) is 16.1. The molecule has 0 N–H and O–H groups in total. The van der Waals surface area contributed by atoms with Crippen molar-refractivity contribution >= 4 is 22.3 Å². The van der Waals surface area contributed by atoms with E-state index < -0.39 is 0 Å². The van der Waals surface area contributed by atoms with Crippen LogP contribution in [0.5, 0.6) is 5.75 Å². The van der Waals surface area contributed by atoms with Gasteiger partial charge in [0.05, 0.1) is 7.11 Å². The zero-order valence-electron chi connectivity index (χ0n) is 17.8. The molecule has 2 aliphatic rings. The highest BCUT2D eigenvalue weighted by atomic mass is 16.5. The third-order valence-electron chi connectivity index (χ3n) is 6.61. The summed E-state index contributed by atoms with van der Waals surface area (Å²) < 4.78 is 7.67. The number of carbonyl (C=O) groups is 1. The van der Waals surface area contributed by atoms with Crippen molar-refractivity contribution in [2.24, 2.45) is 0 Å². The van der Waals surface area contributed by atoms with Crippen molar-refractivity contribution in [1.29, 1.82) is 0 Å². The topological polar surface area (TPSA) is 34.5 Å². The molecule has 154 valence electrons. The van der Waals surface area contributed by atoms with Crippen molar-refractivity contribution in [3.63, 3.8) is 0 Å². The molecule has 30 heavy (non-hydrogen) atoms. The monoisotopic (exact) mass is 400 g/mol. The number of methoxy groups -OCH3 is 1. The van der Waals surface area contributed by atoms with E-state index in [1.807, 2.05) is 24.4 Å². The summed E-state index contributed by atoms with van der Waals surface area (Å²) in [5, 5.41) is 1.07. The number of fused-ring (bicyclic) bond motifs is 3. The number of Topliss-reactive ketones (excluding diaryl/α,β-unsaturated/α-hetero) is 1. The van der Waals surface area contributed by atoms with Gasteiger partial charge in [0.1, 0.15) is 5.75 Å².